The second-order valence-electron chi connectivity index (χ2n) is 5.34. The molecule has 2 atom stereocenters. The highest BCUT2D eigenvalue weighted by atomic mass is 19.1. The first-order valence-corrected chi connectivity index (χ1v) is 7.66. The average molecular weight is 295 g/mol. The molecule has 0 amide bonds. The molecule has 0 aromatic heterocycles. The summed E-state index contributed by atoms with van der Waals surface area (Å²) >= 11 is 0. The molecule has 0 radical (unpaired) electrons. The third-order valence-corrected chi connectivity index (χ3v) is 3.61. The van der Waals surface area contributed by atoms with Crippen molar-refractivity contribution in [3.05, 3.63) is 35.4 Å². The summed E-state index contributed by atoms with van der Waals surface area (Å²) in [6.45, 7) is 5.65. The van der Waals surface area contributed by atoms with E-state index in [2.05, 4.69) is 22.5 Å². The van der Waals surface area contributed by atoms with Crippen LogP contribution in [0, 0.1) is 11.6 Å². The van der Waals surface area contributed by atoms with Gasteiger partial charge >= 0.3 is 0 Å². The smallest absolute Gasteiger partial charge is 0.191 e. The topological polar surface area (TPSA) is 36.4 Å². The molecular weight excluding hydrogens is 272 g/mol. The van der Waals surface area contributed by atoms with Crippen molar-refractivity contribution in [3.8, 4) is 0 Å². The van der Waals surface area contributed by atoms with Crippen LogP contribution in [-0.4, -0.2) is 25.1 Å². The lowest BCUT2D eigenvalue weighted by Crippen LogP contribution is -2.39. The molecule has 1 aliphatic carbocycles. The van der Waals surface area contributed by atoms with Crippen LogP contribution < -0.4 is 10.6 Å². The summed E-state index contributed by atoms with van der Waals surface area (Å²) in [5.74, 6) is -0.300. The summed E-state index contributed by atoms with van der Waals surface area (Å²) in [6, 6.07) is 4.08. The number of unbranched alkanes of at least 4 members (excludes halogenated alkanes) is 1. The highest BCUT2D eigenvalue weighted by Crippen LogP contribution is 2.42. The quantitative estimate of drug-likeness (QED) is 0.480. The number of guanidine groups is 1. The molecule has 1 aromatic rings. The second-order valence-corrected chi connectivity index (χ2v) is 5.34. The van der Waals surface area contributed by atoms with Gasteiger partial charge in [0.2, 0.25) is 0 Å². The van der Waals surface area contributed by atoms with Gasteiger partial charge in [-0.05, 0) is 31.9 Å². The minimum absolute atomic E-state index is 0.0517. The third kappa shape index (κ3) is 4.16. The molecular formula is C16H23F2N3. The number of rotatable bonds is 6. The zero-order valence-electron chi connectivity index (χ0n) is 12.6. The van der Waals surface area contributed by atoms with Gasteiger partial charge in [0.25, 0.3) is 0 Å². The van der Waals surface area contributed by atoms with Crippen LogP contribution in [0.15, 0.2) is 23.2 Å². The number of aliphatic imine (C=N–C) groups is 1. The average Bonchev–Trinajstić information content (AvgIpc) is 3.18. The van der Waals surface area contributed by atoms with Crippen LogP contribution in [0.2, 0.25) is 0 Å². The van der Waals surface area contributed by atoms with Crippen molar-refractivity contribution in [1.82, 2.24) is 10.6 Å². The lowest BCUT2D eigenvalue weighted by atomic mass is 10.1. The number of hydrogen-bond acceptors (Lipinski definition) is 1. The fourth-order valence-corrected chi connectivity index (χ4v) is 2.38. The Kier molecular flexibility index (Phi) is 5.53. The van der Waals surface area contributed by atoms with Crippen LogP contribution in [0.3, 0.4) is 0 Å². The summed E-state index contributed by atoms with van der Waals surface area (Å²) in [5, 5.41) is 6.42. The van der Waals surface area contributed by atoms with E-state index in [-0.39, 0.29) is 17.5 Å². The van der Waals surface area contributed by atoms with Crippen molar-refractivity contribution >= 4 is 5.96 Å². The highest BCUT2D eigenvalue weighted by molar-refractivity contribution is 5.80. The Hall–Kier alpha value is -1.65. The van der Waals surface area contributed by atoms with Gasteiger partial charge in [0, 0.05) is 30.6 Å². The number of nitrogens with zero attached hydrogens (tertiary/aromatic N) is 1. The normalized spacial score (nSPS) is 21.2. The summed E-state index contributed by atoms with van der Waals surface area (Å²) in [6.07, 6.45) is 2.86. The van der Waals surface area contributed by atoms with Gasteiger partial charge in [-0.1, -0.05) is 19.4 Å². The van der Waals surface area contributed by atoms with Gasteiger partial charge in [-0.2, -0.15) is 0 Å². The first kappa shape index (κ1) is 15.7. The molecule has 1 aliphatic rings. The summed E-state index contributed by atoms with van der Waals surface area (Å²) < 4.78 is 27.5. The van der Waals surface area contributed by atoms with Crippen molar-refractivity contribution in [2.45, 2.75) is 45.1 Å². The fourth-order valence-electron chi connectivity index (χ4n) is 2.38. The van der Waals surface area contributed by atoms with Crippen LogP contribution in [-0.2, 0) is 0 Å². The second kappa shape index (κ2) is 7.38. The molecule has 0 spiro atoms. The van der Waals surface area contributed by atoms with E-state index in [1.165, 1.54) is 18.2 Å². The molecule has 2 N–H and O–H groups in total. The van der Waals surface area contributed by atoms with Gasteiger partial charge in [-0.15, -0.1) is 0 Å². The zero-order chi connectivity index (χ0) is 15.2. The van der Waals surface area contributed by atoms with Crippen molar-refractivity contribution in [1.29, 1.82) is 0 Å². The molecule has 1 saturated carbocycles. The van der Waals surface area contributed by atoms with Gasteiger partial charge in [0.05, 0.1) is 0 Å². The number of nitrogens with one attached hydrogen (secondary N) is 2. The van der Waals surface area contributed by atoms with Crippen molar-refractivity contribution in [2.75, 3.05) is 13.1 Å². The van der Waals surface area contributed by atoms with E-state index in [0.717, 1.165) is 38.3 Å². The summed E-state index contributed by atoms with van der Waals surface area (Å²) in [4.78, 5) is 4.46. The van der Waals surface area contributed by atoms with E-state index >= 15 is 0 Å². The van der Waals surface area contributed by atoms with Crippen molar-refractivity contribution in [3.63, 3.8) is 0 Å². The van der Waals surface area contributed by atoms with Gasteiger partial charge in [-0.25, -0.2) is 8.78 Å². The van der Waals surface area contributed by atoms with Crippen LogP contribution in [0.4, 0.5) is 8.78 Å². The molecule has 116 valence electrons. The number of halogens is 2. The van der Waals surface area contributed by atoms with Crippen molar-refractivity contribution in [2.24, 2.45) is 4.99 Å². The SMILES string of the molecule is CCCCN=C(NCC)NC1CC1c1c(F)cccc1F. The van der Waals surface area contributed by atoms with E-state index < -0.39 is 11.6 Å². The van der Waals surface area contributed by atoms with Gasteiger partial charge < -0.3 is 10.6 Å². The van der Waals surface area contributed by atoms with E-state index in [0.29, 0.717) is 0 Å². The minimum Gasteiger partial charge on any atom is -0.357 e. The largest absolute Gasteiger partial charge is 0.357 e. The first-order chi connectivity index (χ1) is 10.2. The predicted molar refractivity (Wildman–Crippen MR) is 81.5 cm³/mol. The Balaban J connectivity index is 1.97. The Bertz CT molecular complexity index is 482. The lowest BCUT2D eigenvalue weighted by Gasteiger charge is -2.11. The maximum atomic E-state index is 13.7. The summed E-state index contributed by atoms with van der Waals surface area (Å²) in [5.41, 5.74) is 0.194. The van der Waals surface area contributed by atoms with E-state index in [9.17, 15) is 8.78 Å². The molecule has 3 nitrogen and oxygen atoms in total. The highest BCUT2D eigenvalue weighted by Gasteiger charge is 2.42. The third-order valence-electron chi connectivity index (χ3n) is 3.61. The van der Waals surface area contributed by atoms with E-state index in [4.69, 9.17) is 0 Å². The van der Waals surface area contributed by atoms with Crippen LogP contribution in [0.25, 0.3) is 0 Å². The van der Waals surface area contributed by atoms with Crippen LogP contribution in [0.1, 0.15) is 44.6 Å². The van der Waals surface area contributed by atoms with Gasteiger partial charge in [0.1, 0.15) is 11.6 Å². The Labute approximate surface area is 124 Å². The monoisotopic (exact) mass is 295 g/mol. The number of benzene rings is 1. The van der Waals surface area contributed by atoms with Crippen LogP contribution >= 0.6 is 0 Å². The zero-order valence-corrected chi connectivity index (χ0v) is 12.6. The Morgan fingerprint density at radius 3 is 2.62 bits per heavy atom. The molecule has 0 bridgehead atoms. The molecule has 1 aromatic carbocycles. The molecule has 2 rings (SSSR count). The molecule has 2 unspecified atom stereocenters. The van der Waals surface area contributed by atoms with E-state index in [1.807, 2.05) is 6.92 Å². The first-order valence-electron chi connectivity index (χ1n) is 7.66. The molecule has 1 fully saturated rings. The lowest BCUT2D eigenvalue weighted by molar-refractivity contribution is 0.553. The van der Waals surface area contributed by atoms with Crippen LogP contribution in [0.5, 0.6) is 0 Å². The molecule has 21 heavy (non-hydrogen) atoms. The minimum atomic E-state index is -0.461. The standard InChI is InChI=1S/C16H23F2N3/c1-3-5-9-20-16(19-4-2)21-14-10-11(14)15-12(17)7-6-8-13(15)18/h6-8,11,14H,3-5,9-10H2,1-2H3,(H2,19,20,21). The fraction of sp³-hybridized carbons (Fsp3) is 0.562. The maximum absolute atomic E-state index is 13.7. The molecule has 0 aliphatic heterocycles. The maximum Gasteiger partial charge on any atom is 0.191 e. The summed E-state index contributed by atoms with van der Waals surface area (Å²) in [7, 11) is 0. The molecule has 0 heterocycles. The molecule has 5 heteroatoms. The van der Waals surface area contributed by atoms with Gasteiger partial charge in [-0.3, -0.25) is 4.99 Å². The molecule has 0 saturated heterocycles. The van der Waals surface area contributed by atoms with E-state index in [1.54, 1.807) is 0 Å². The Morgan fingerprint density at radius 1 is 1.29 bits per heavy atom. The number of hydrogen-bond donors (Lipinski definition) is 2. The van der Waals surface area contributed by atoms with Crippen molar-refractivity contribution < 1.29 is 8.78 Å². The predicted octanol–water partition coefficient (Wildman–Crippen LogP) is 3.18. The Morgan fingerprint density at radius 2 is 2.00 bits per heavy atom. The van der Waals surface area contributed by atoms with Gasteiger partial charge in [0.15, 0.2) is 5.96 Å².